The van der Waals surface area contributed by atoms with Gasteiger partial charge in [0.1, 0.15) is 0 Å². The van der Waals surface area contributed by atoms with Crippen molar-refractivity contribution < 1.29 is 4.79 Å². The molecule has 0 aliphatic heterocycles. The fraction of sp³-hybridized carbons (Fsp3) is 0.100. The van der Waals surface area contributed by atoms with E-state index in [1.54, 1.807) is 24.4 Å². The van der Waals surface area contributed by atoms with Crippen LogP contribution in [0.2, 0.25) is 0 Å². The lowest BCUT2D eigenvalue weighted by Gasteiger charge is -2.08. The van der Waals surface area contributed by atoms with E-state index in [9.17, 15) is 9.59 Å². The number of nitrogens with one attached hydrogen (secondary N) is 2. The zero-order valence-electron chi connectivity index (χ0n) is 14.4. The molecule has 0 aliphatic rings. The van der Waals surface area contributed by atoms with E-state index in [0.717, 1.165) is 11.3 Å². The Balaban J connectivity index is 1.44. The fourth-order valence-electron chi connectivity index (χ4n) is 2.89. The van der Waals surface area contributed by atoms with E-state index in [1.165, 1.54) is 10.9 Å². The Morgan fingerprint density at radius 1 is 1.11 bits per heavy atom. The van der Waals surface area contributed by atoms with Crippen molar-refractivity contribution in [3.05, 3.63) is 77.5 Å². The molecule has 2 heterocycles. The number of fused-ring (bicyclic) bond motifs is 1. The normalized spacial score (nSPS) is 10.8. The number of carbonyl (C=O) groups excluding carboxylic acids is 1. The molecule has 0 fully saturated rings. The Morgan fingerprint density at radius 2 is 2.00 bits per heavy atom. The number of carbonyl (C=O) groups is 1. The summed E-state index contributed by atoms with van der Waals surface area (Å²) >= 11 is 0. The van der Waals surface area contributed by atoms with Crippen molar-refractivity contribution in [3.63, 3.8) is 0 Å². The van der Waals surface area contributed by atoms with E-state index in [0.29, 0.717) is 16.6 Å². The molecule has 0 aliphatic carbocycles. The molecular weight excluding hydrogens is 342 g/mol. The van der Waals surface area contributed by atoms with E-state index < -0.39 is 0 Å². The maximum absolute atomic E-state index is 12.5. The van der Waals surface area contributed by atoms with Gasteiger partial charge in [-0.15, -0.1) is 0 Å². The van der Waals surface area contributed by atoms with Gasteiger partial charge in [-0.25, -0.2) is 4.98 Å². The molecule has 2 aromatic heterocycles. The summed E-state index contributed by atoms with van der Waals surface area (Å²) in [5.74, 6) is -0.170. The van der Waals surface area contributed by atoms with Crippen molar-refractivity contribution in [2.75, 3.05) is 5.32 Å². The van der Waals surface area contributed by atoms with Gasteiger partial charge < -0.3 is 5.32 Å². The summed E-state index contributed by atoms with van der Waals surface area (Å²) in [7, 11) is 0. The van der Waals surface area contributed by atoms with Crippen LogP contribution in [0, 0.1) is 0 Å². The first-order valence-electron chi connectivity index (χ1n) is 8.54. The monoisotopic (exact) mass is 359 g/mol. The van der Waals surface area contributed by atoms with Crippen molar-refractivity contribution in [1.29, 1.82) is 0 Å². The number of aromatic amines is 1. The number of hydrogen-bond acceptors (Lipinski definition) is 4. The van der Waals surface area contributed by atoms with Gasteiger partial charge in [-0.1, -0.05) is 24.3 Å². The summed E-state index contributed by atoms with van der Waals surface area (Å²) < 4.78 is 1.46. The van der Waals surface area contributed by atoms with Crippen LogP contribution in [-0.2, 0) is 11.3 Å². The van der Waals surface area contributed by atoms with E-state index in [-0.39, 0.29) is 24.4 Å². The van der Waals surface area contributed by atoms with Crippen LogP contribution < -0.4 is 10.9 Å². The standard InChI is InChI=1S/C20H17N5O2/c26-19(23-15-5-3-4-14(12-15)17-8-10-22-24-17)9-11-25-13-21-18-7-2-1-6-16(18)20(25)27/h1-8,10,12-13H,9,11H2,(H,22,24)(H,23,26). The second kappa shape index (κ2) is 7.25. The molecule has 2 N–H and O–H groups in total. The number of anilines is 1. The number of aromatic nitrogens is 4. The van der Waals surface area contributed by atoms with Gasteiger partial charge in [0.15, 0.2) is 0 Å². The number of rotatable bonds is 5. The number of aryl methyl sites for hydroxylation is 1. The minimum absolute atomic E-state index is 0.144. The molecule has 0 atom stereocenters. The number of hydrogen-bond donors (Lipinski definition) is 2. The molecule has 4 aromatic rings. The first-order chi connectivity index (χ1) is 13.2. The van der Waals surface area contributed by atoms with Crippen molar-refractivity contribution in [2.45, 2.75) is 13.0 Å². The lowest BCUT2D eigenvalue weighted by atomic mass is 10.1. The zero-order valence-corrected chi connectivity index (χ0v) is 14.4. The van der Waals surface area contributed by atoms with Crippen molar-refractivity contribution in [1.82, 2.24) is 19.7 Å². The van der Waals surface area contributed by atoms with Crippen LogP contribution in [-0.4, -0.2) is 25.7 Å². The third-order valence-corrected chi connectivity index (χ3v) is 4.27. The quantitative estimate of drug-likeness (QED) is 0.573. The highest BCUT2D eigenvalue weighted by Gasteiger charge is 2.08. The molecule has 0 bridgehead atoms. The summed E-state index contributed by atoms with van der Waals surface area (Å²) in [6, 6.07) is 16.5. The fourth-order valence-corrected chi connectivity index (χ4v) is 2.89. The van der Waals surface area contributed by atoms with Gasteiger partial charge in [0.2, 0.25) is 5.91 Å². The molecule has 7 nitrogen and oxygen atoms in total. The highest BCUT2D eigenvalue weighted by Crippen LogP contribution is 2.20. The first-order valence-corrected chi connectivity index (χ1v) is 8.54. The molecule has 134 valence electrons. The van der Waals surface area contributed by atoms with Crippen LogP contribution in [0.1, 0.15) is 6.42 Å². The second-order valence-electron chi connectivity index (χ2n) is 6.11. The van der Waals surface area contributed by atoms with Crippen LogP contribution in [0.15, 0.2) is 71.9 Å². The van der Waals surface area contributed by atoms with Crippen LogP contribution >= 0.6 is 0 Å². The Kier molecular flexibility index (Phi) is 4.49. The van der Waals surface area contributed by atoms with Crippen molar-refractivity contribution in [2.24, 2.45) is 0 Å². The Morgan fingerprint density at radius 3 is 2.85 bits per heavy atom. The van der Waals surface area contributed by atoms with Crippen LogP contribution in [0.5, 0.6) is 0 Å². The average Bonchev–Trinajstić information content (AvgIpc) is 3.23. The highest BCUT2D eigenvalue weighted by molar-refractivity contribution is 5.91. The van der Waals surface area contributed by atoms with Crippen LogP contribution in [0.3, 0.4) is 0 Å². The number of amides is 1. The van der Waals surface area contributed by atoms with E-state index in [2.05, 4.69) is 20.5 Å². The third-order valence-electron chi connectivity index (χ3n) is 4.27. The highest BCUT2D eigenvalue weighted by atomic mass is 16.1. The topological polar surface area (TPSA) is 92.7 Å². The number of benzene rings is 2. The summed E-state index contributed by atoms with van der Waals surface area (Å²) in [4.78, 5) is 29.0. The van der Waals surface area contributed by atoms with Crippen molar-refractivity contribution >= 4 is 22.5 Å². The number of H-pyrrole nitrogens is 1. The second-order valence-corrected chi connectivity index (χ2v) is 6.11. The molecule has 2 aromatic carbocycles. The molecular formula is C20H17N5O2. The predicted molar refractivity (Wildman–Crippen MR) is 103 cm³/mol. The minimum Gasteiger partial charge on any atom is -0.326 e. The van der Waals surface area contributed by atoms with E-state index >= 15 is 0 Å². The zero-order chi connectivity index (χ0) is 18.6. The first kappa shape index (κ1) is 16.7. The maximum Gasteiger partial charge on any atom is 0.261 e. The molecule has 0 spiro atoms. The smallest absolute Gasteiger partial charge is 0.261 e. The summed E-state index contributed by atoms with van der Waals surface area (Å²) in [5.41, 5.74) is 3.00. The van der Waals surface area contributed by atoms with Gasteiger partial charge in [0, 0.05) is 30.4 Å². The predicted octanol–water partition coefficient (Wildman–Crippen LogP) is 2.82. The number of nitrogens with zero attached hydrogens (tertiary/aromatic N) is 3. The summed E-state index contributed by atoms with van der Waals surface area (Å²) in [5, 5.41) is 10.2. The molecule has 0 saturated heterocycles. The SMILES string of the molecule is O=C(CCn1cnc2ccccc2c1=O)Nc1cccc(-c2ccn[nH]2)c1. The minimum atomic E-state index is -0.170. The molecule has 0 unspecified atom stereocenters. The molecule has 0 radical (unpaired) electrons. The molecule has 7 heteroatoms. The van der Waals surface area contributed by atoms with Gasteiger partial charge >= 0.3 is 0 Å². The lowest BCUT2D eigenvalue weighted by molar-refractivity contribution is -0.116. The van der Waals surface area contributed by atoms with Gasteiger partial charge in [-0.3, -0.25) is 19.3 Å². The molecule has 4 rings (SSSR count). The Bertz CT molecular complexity index is 1150. The Hall–Kier alpha value is -3.74. The molecule has 27 heavy (non-hydrogen) atoms. The third kappa shape index (κ3) is 3.62. The molecule has 1 amide bonds. The number of para-hydroxylation sites is 1. The largest absolute Gasteiger partial charge is 0.326 e. The Labute approximate surface area is 154 Å². The van der Waals surface area contributed by atoms with Gasteiger partial charge in [0.25, 0.3) is 5.56 Å². The summed E-state index contributed by atoms with van der Waals surface area (Å²) in [6.45, 7) is 0.267. The van der Waals surface area contributed by atoms with Gasteiger partial charge in [-0.05, 0) is 30.3 Å². The van der Waals surface area contributed by atoms with Gasteiger partial charge in [0.05, 0.1) is 22.9 Å². The molecule has 0 saturated carbocycles. The van der Waals surface area contributed by atoms with Gasteiger partial charge in [-0.2, -0.15) is 5.10 Å². The van der Waals surface area contributed by atoms with Crippen molar-refractivity contribution in [3.8, 4) is 11.3 Å². The maximum atomic E-state index is 12.5. The summed E-state index contributed by atoms with van der Waals surface area (Å²) in [6.07, 6.45) is 3.33. The van der Waals surface area contributed by atoms with E-state index in [1.807, 2.05) is 36.4 Å². The van der Waals surface area contributed by atoms with E-state index in [4.69, 9.17) is 0 Å². The van der Waals surface area contributed by atoms with Crippen LogP contribution in [0.25, 0.3) is 22.2 Å². The average molecular weight is 359 g/mol. The lowest BCUT2D eigenvalue weighted by Crippen LogP contribution is -2.23. The van der Waals surface area contributed by atoms with Crippen LogP contribution in [0.4, 0.5) is 5.69 Å².